The Labute approximate surface area is 114 Å². The zero-order chi connectivity index (χ0) is 12.8. The van der Waals surface area contributed by atoms with Gasteiger partial charge < -0.3 is 4.74 Å². The first kappa shape index (κ1) is 12.3. The second-order valence-corrected chi connectivity index (χ2v) is 7.35. The maximum atomic E-state index is 6.12. The Morgan fingerprint density at radius 2 is 2.00 bits per heavy atom. The molecule has 0 bridgehead atoms. The van der Waals surface area contributed by atoms with Crippen LogP contribution in [0.1, 0.15) is 37.1 Å². The molecule has 2 heteroatoms. The summed E-state index contributed by atoms with van der Waals surface area (Å²) in [6, 6.07) is 8.76. The molecule has 1 fully saturated rings. The minimum atomic E-state index is 0.164. The van der Waals surface area contributed by atoms with E-state index in [2.05, 4.69) is 51.1 Å². The fourth-order valence-electron chi connectivity index (χ4n) is 2.89. The molecule has 0 spiro atoms. The van der Waals surface area contributed by atoms with Gasteiger partial charge in [-0.3, -0.25) is 0 Å². The Morgan fingerprint density at radius 3 is 2.78 bits per heavy atom. The second-order valence-electron chi connectivity index (χ2n) is 6.14. The minimum absolute atomic E-state index is 0.164. The Kier molecular flexibility index (Phi) is 3.03. The predicted molar refractivity (Wildman–Crippen MR) is 78.8 cm³/mol. The molecule has 96 valence electrons. The third-order valence-electron chi connectivity index (χ3n) is 3.65. The molecule has 1 heterocycles. The van der Waals surface area contributed by atoms with Crippen molar-refractivity contribution in [2.24, 2.45) is 5.41 Å². The van der Waals surface area contributed by atoms with Crippen LogP contribution in [0.2, 0.25) is 0 Å². The first-order chi connectivity index (χ1) is 8.57. The lowest BCUT2D eigenvalue weighted by molar-refractivity contribution is 0.0174. The molecule has 1 nitrogen and oxygen atoms in total. The van der Waals surface area contributed by atoms with Crippen LogP contribution in [0.15, 0.2) is 29.8 Å². The van der Waals surface area contributed by atoms with E-state index in [4.69, 9.17) is 4.74 Å². The Morgan fingerprint density at radius 1 is 1.22 bits per heavy atom. The molecule has 0 unspecified atom stereocenters. The summed E-state index contributed by atoms with van der Waals surface area (Å²) >= 11 is 2.02. The molecule has 0 radical (unpaired) electrons. The highest BCUT2D eigenvalue weighted by Crippen LogP contribution is 2.50. The summed E-state index contributed by atoms with van der Waals surface area (Å²) in [5, 5.41) is 0.507. The lowest BCUT2D eigenvalue weighted by atomic mass is 9.83. The summed E-state index contributed by atoms with van der Waals surface area (Å²) < 4.78 is 6.12. The van der Waals surface area contributed by atoms with Gasteiger partial charge in [-0.25, -0.2) is 0 Å². The van der Waals surface area contributed by atoms with Crippen molar-refractivity contribution in [3.63, 3.8) is 0 Å². The number of rotatable bonds is 0. The zero-order valence-electron chi connectivity index (χ0n) is 11.3. The summed E-state index contributed by atoms with van der Waals surface area (Å²) in [6.45, 7) is 7.68. The average Bonchev–Trinajstić information content (AvgIpc) is 2.52. The molecule has 2 aliphatic rings. The van der Waals surface area contributed by atoms with Crippen LogP contribution in [0.5, 0.6) is 0 Å². The van der Waals surface area contributed by atoms with Gasteiger partial charge >= 0.3 is 0 Å². The number of hydrogen-bond donors (Lipinski definition) is 0. The fourth-order valence-corrected chi connectivity index (χ4v) is 4.10. The first-order valence-corrected chi connectivity index (χ1v) is 7.66. The van der Waals surface area contributed by atoms with Crippen LogP contribution in [0.4, 0.5) is 0 Å². The molecule has 0 amide bonds. The monoisotopic (exact) mass is 260 g/mol. The highest BCUT2D eigenvalue weighted by Gasteiger charge is 2.38. The number of hydrogen-bond acceptors (Lipinski definition) is 2. The number of thioether (sulfide) groups is 1. The minimum Gasteiger partial charge on any atom is -0.372 e. The average molecular weight is 260 g/mol. The molecule has 0 N–H and O–H groups in total. The van der Waals surface area contributed by atoms with Gasteiger partial charge in [-0.1, -0.05) is 51.1 Å². The Bertz CT molecular complexity index is 484. The maximum Gasteiger partial charge on any atom is 0.0850 e. The summed E-state index contributed by atoms with van der Waals surface area (Å²) in [6.07, 6.45) is 2.60. The van der Waals surface area contributed by atoms with Crippen molar-refractivity contribution < 1.29 is 4.74 Å². The van der Waals surface area contributed by atoms with Crippen LogP contribution in [-0.2, 0) is 4.74 Å². The summed E-state index contributed by atoms with van der Waals surface area (Å²) in [5.74, 6) is 1.09. The van der Waals surface area contributed by atoms with Crippen molar-refractivity contribution in [1.29, 1.82) is 0 Å². The van der Waals surface area contributed by atoms with E-state index in [1.165, 1.54) is 16.7 Å². The van der Waals surface area contributed by atoms with Crippen LogP contribution in [0.3, 0.4) is 0 Å². The zero-order valence-corrected chi connectivity index (χ0v) is 12.1. The quantitative estimate of drug-likeness (QED) is 0.687. The van der Waals surface area contributed by atoms with Crippen molar-refractivity contribution >= 4 is 17.8 Å². The van der Waals surface area contributed by atoms with E-state index in [1.807, 2.05) is 11.8 Å². The molecule has 18 heavy (non-hydrogen) atoms. The number of benzene rings is 1. The van der Waals surface area contributed by atoms with Crippen molar-refractivity contribution in [1.82, 2.24) is 0 Å². The normalized spacial score (nSPS) is 27.2. The van der Waals surface area contributed by atoms with Crippen LogP contribution in [0, 0.1) is 5.41 Å². The molecule has 3 rings (SSSR count). The van der Waals surface area contributed by atoms with E-state index in [-0.39, 0.29) is 11.5 Å². The molecule has 1 aromatic rings. The molecular formula is C16H20OS. The molecule has 1 aliphatic carbocycles. The first-order valence-electron chi connectivity index (χ1n) is 6.61. The molecular weight excluding hydrogens is 240 g/mol. The van der Waals surface area contributed by atoms with Crippen LogP contribution in [0.25, 0.3) is 6.08 Å². The molecule has 1 saturated heterocycles. The molecule has 0 aromatic heterocycles. The van der Waals surface area contributed by atoms with Gasteiger partial charge in [-0.05, 0) is 22.1 Å². The van der Waals surface area contributed by atoms with E-state index >= 15 is 0 Å². The summed E-state index contributed by atoms with van der Waals surface area (Å²) in [4.78, 5) is 0. The lowest BCUT2D eigenvalue weighted by Gasteiger charge is -2.32. The van der Waals surface area contributed by atoms with Gasteiger partial charge in [0.1, 0.15) is 0 Å². The van der Waals surface area contributed by atoms with Crippen molar-refractivity contribution in [3.8, 4) is 0 Å². The largest absolute Gasteiger partial charge is 0.372 e. The molecule has 1 aromatic carbocycles. The lowest BCUT2D eigenvalue weighted by Crippen LogP contribution is -2.31. The van der Waals surface area contributed by atoms with Gasteiger partial charge in [0.15, 0.2) is 0 Å². The Hall–Kier alpha value is -0.730. The third-order valence-corrected chi connectivity index (χ3v) is 4.91. The second kappa shape index (κ2) is 4.43. The topological polar surface area (TPSA) is 9.23 Å². The SMILES string of the molecule is CC(C)(C)[C@@H]1OCCS[C@H]2C1=Cc1ccccc12. The van der Waals surface area contributed by atoms with Gasteiger partial charge in [0, 0.05) is 5.75 Å². The van der Waals surface area contributed by atoms with E-state index in [0.717, 1.165) is 12.4 Å². The van der Waals surface area contributed by atoms with Crippen LogP contribution in [-0.4, -0.2) is 18.5 Å². The van der Waals surface area contributed by atoms with E-state index in [9.17, 15) is 0 Å². The highest BCUT2D eigenvalue weighted by atomic mass is 32.2. The highest BCUT2D eigenvalue weighted by molar-refractivity contribution is 7.99. The van der Waals surface area contributed by atoms with Gasteiger partial charge in [-0.2, -0.15) is 0 Å². The van der Waals surface area contributed by atoms with Gasteiger partial charge in [-0.15, -0.1) is 11.8 Å². The fraction of sp³-hybridized carbons (Fsp3) is 0.500. The van der Waals surface area contributed by atoms with Crippen molar-refractivity contribution in [3.05, 3.63) is 41.0 Å². The van der Waals surface area contributed by atoms with E-state index < -0.39 is 0 Å². The molecule has 0 saturated carbocycles. The van der Waals surface area contributed by atoms with Crippen LogP contribution < -0.4 is 0 Å². The van der Waals surface area contributed by atoms with E-state index in [0.29, 0.717) is 5.25 Å². The number of fused-ring (bicyclic) bond motifs is 3. The van der Waals surface area contributed by atoms with Crippen molar-refractivity contribution in [2.45, 2.75) is 32.1 Å². The van der Waals surface area contributed by atoms with Gasteiger partial charge in [0.25, 0.3) is 0 Å². The smallest absolute Gasteiger partial charge is 0.0850 e. The van der Waals surface area contributed by atoms with Crippen LogP contribution >= 0.6 is 11.8 Å². The van der Waals surface area contributed by atoms with Gasteiger partial charge in [0.05, 0.1) is 18.0 Å². The summed E-state index contributed by atoms with van der Waals surface area (Å²) in [7, 11) is 0. The standard InChI is InChI=1S/C16H20OS/c1-16(2,3)15-13-10-11-6-4-5-7-12(11)14(13)18-9-8-17-15/h4-7,10,14-15H,8-9H2,1-3H3/t14-,15-/m1/s1. The maximum absolute atomic E-state index is 6.12. The Balaban J connectivity index is 2.04. The molecule has 1 aliphatic heterocycles. The molecule has 2 atom stereocenters. The van der Waals surface area contributed by atoms with Crippen molar-refractivity contribution in [2.75, 3.05) is 12.4 Å². The van der Waals surface area contributed by atoms with Gasteiger partial charge in [0.2, 0.25) is 0 Å². The summed E-state index contributed by atoms with van der Waals surface area (Å²) in [5.41, 5.74) is 4.48. The van der Waals surface area contributed by atoms with E-state index in [1.54, 1.807) is 0 Å². The number of ether oxygens (including phenoxy) is 1. The predicted octanol–water partition coefficient (Wildman–Crippen LogP) is 4.30. The third kappa shape index (κ3) is 2.02.